The van der Waals surface area contributed by atoms with Gasteiger partial charge >= 0.3 is 0 Å². The van der Waals surface area contributed by atoms with Crippen molar-refractivity contribution >= 4 is 5.69 Å². The normalized spacial score (nSPS) is 12.3. The third kappa shape index (κ3) is 2.92. The van der Waals surface area contributed by atoms with Crippen LogP contribution in [-0.2, 0) is 0 Å². The van der Waals surface area contributed by atoms with Gasteiger partial charge in [-0.15, -0.1) is 0 Å². The van der Waals surface area contributed by atoms with Crippen LogP contribution in [0.15, 0.2) is 30.3 Å². The number of halogens is 4. The molecular formula is C15H13F4N. The standard InChI is InChI=1S/C15H13F4N/c1-8-3-4-13(18)15(14(8)19)20-9(2)10-5-11(16)7-12(17)6-10/h3-7,9,20H,1-2H3. The average Bonchev–Trinajstić information content (AvgIpc) is 2.38. The Labute approximate surface area is 114 Å². The number of anilines is 1. The number of rotatable bonds is 3. The van der Waals surface area contributed by atoms with Gasteiger partial charge in [0.1, 0.15) is 23.1 Å². The molecule has 0 fully saturated rings. The van der Waals surface area contributed by atoms with E-state index in [1.165, 1.54) is 13.0 Å². The molecule has 20 heavy (non-hydrogen) atoms. The van der Waals surface area contributed by atoms with E-state index in [0.29, 0.717) is 0 Å². The molecule has 106 valence electrons. The molecule has 0 spiro atoms. The van der Waals surface area contributed by atoms with E-state index >= 15 is 0 Å². The molecule has 0 radical (unpaired) electrons. The summed E-state index contributed by atoms with van der Waals surface area (Å²) in [7, 11) is 0. The zero-order chi connectivity index (χ0) is 14.9. The first-order chi connectivity index (χ1) is 9.38. The molecule has 5 heteroatoms. The molecule has 0 saturated carbocycles. The van der Waals surface area contributed by atoms with E-state index in [9.17, 15) is 17.6 Å². The predicted octanol–water partition coefficient (Wildman–Crippen LogP) is 4.72. The summed E-state index contributed by atoms with van der Waals surface area (Å²) in [5.41, 5.74) is 0.247. The van der Waals surface area contributed by atoms with Crippen molar-refractivity contribution < 1.29 is 17.6 Å². The molecule has 0 aliphatic carbocycles. The van der Waals surface area contributed by atoms with Crippen molar-refractivity contribution in [1.29, 1.82) is 0 Å². The Hall–Kier alpha value is -2.04. The molecule has 0 heterocycles. The Morgan fingerprint density at radius 1 is 0.950 bits per heavy atom. The first-order valence-corrected chi connectivity index (χ1v) is 6.05. The van der Waals surface area contributed by atoms with Crippen molar-refractivity contribution in [3.05, 3.63) is 64.7 Å². The van der Waals surface area contributed by atoms with E-state index < -0.39 is 29.3 Å². The van der Waals surface area contributed by atoms with Gasteiger partial charge < -0.3 is 5.32 Å². The van der Waals surface area contributed by atoms with Crippen molar-refractivity contribution in [2.45, 2.75) is 19.9 Å². The zero-order valence-corrected chi connectivity index (χ0v) is 11.0. The van der Waals surface area contributed by atoms with Gasteiger partial charge in [-0.2, -0.15) is 0 Å². The fraction of sp³-hybridized carbons (Fsp3) is 0.200. The van der Waals surface area contributed by atoms with Crippen LogP contribution in [0.25, 0.3) is 0 Å². The fourth-order valence-electron chi connectivity index (χ4n) is 1.91. The smallest absolute Gasteiger partial charge is 0.152 e. The van der Waals surface area contributed by atoms with Gasteiger partial charge in [-0.05, 0) is 43.2 Å². The van der Waals surface area contributed by atoms with E-state index in [0.717, 1.165) is 24.3 Å². The van der Waals surface area contributed by atoms with Gasteiger partial charge in [0.25, 0.3) is 0 Å². The van der Waals surface area contributed by atoms with E-state index in [2.05, 4.69) is 5.32 Å². The highest BCUT2D eigenvalue weighted by atomic mass is 19.1. The molecule has 0 bridgehead atoms. The van der Waals surface area contributed by atoms with Gasteiger partial charge in [-0.1, -0.05) is 6.07 Å². The third-order valence-electron chi connectivity index (χ3n) is 3.03. The van der Waals surface area contributed by atoms with Crippen molar-refractivity contribution in [3.8, 4) is 0 Å². The Bertz CT molecular complexity index is 620. The van der Waals surface area contributed by atoms with Crippen LogP contribution in [0, 0.1) is 30.2 Å². The minimum absolute atomic E-state index is 0.266. The second-order valence-corrected chi connectivity index (χ2v) is 4.62. The lowest BCUT2D eigenvalue weighted by Crippen LogP contribution is -2.11. The summed E-state index contributed by atoms with van der Waals surface area (Å²) in [6, 6.07) is 4.79. The van der Waals surface area contributed by atoms with Gasteiger partial charge in [-0.3, -0.25) is 0 Å². The average molecular weight is 283 g/mol. The van der Waals surface area contributed by atoms with Crippen LogP contribution in [0.2, 0.25) is 0 Å². The number of hydrogen-bond donors (Lipinski definition) is 1. The summed E-state index contributed by atoms with van der Waals surface area (Å²) in [6.07, 6.45) is 0. The van der Waals surface area contributed by atoms with E-state index in [-0.39, 0.29) is 16.8 Å². The Kier molecular flexibility index (Phi) is 3.97. The number of benzene rings is 2. The Morgan fingerprint density at radius 3 is 2.15 bits per heavy atom. The van der Waals surface area contributed by atoms with Crippen molar-refractivity contribution in [2.75, 3.05) is 5.32 Å². The summed E-state index contributed by atoms with van der Waals surface area (Å²) < 4.78 is 53.7. The minimum atomic E-state index is -0.753. The molecule has 2 rings (SSSR count). The second-order valence-electron chi connectivity index (χ2n) is 4.62. The molecule has 0 aromatic heterocycles. The quantitative estimate of drug-likeness (QED) is 0.803. The van der Waals surface area contributed by atoms with Crippen molar-refractivity contribution in [1.82, 2.24) is 0 Å². The molecule has 0 aliphatic heterocycles. The van der Waals surface area contributed by atoms with Crippen LogP contribution in [0.1, 0.15) is 24.1 Å². The maximum atomic E-state index is 13.8. The van der Waals surface area contributed by atoms with E-state index in [1.807, 2.05) is 0 Å². The molecule has 2 aromatic rings. The first-order valence-electron chi connectivity index (χ1n) is 6.05. The molecule has 1 nitrogen and oxygen atoms in total. The topological polar surface area (TPSA) is 12.0 Å². The molecule has 1 unspecified atom stereocenters. The number of aryl methyl sites for hydroxylation is 1. The molecule has 0 amide bonds. The van der Waals surface area contributed by atoms with Gasteiger partial charge in [0.15, 0.2) is 5.82 Å². The van der Waals surface area contributed by atoms with Crippen LogP contribution >= 0.6 is 0 Å². The summed E-state index contributed by atoms with van der Waals surface area (Å²) in [5.74, 6) is -2.94. The SMILES string of the molecule is Cc1ccc(F)c(NC(C)c2cc(F)cc(F)c2)c1F. The summed E-state index contributed by atoms with van der Waals surface area (Å²) >= 11 is 0. The van der Waals surface area contributed by atoms with Crippen LogP contribution < -0.4 is 5.32 Å². The maximum absolute atomic E-state index is 13.8. The highest BCUT2D eigenvalue weighted by Crippen LogP contribution is 2.27. The van der Waals surface area contributed by atoms with Crippen LogP contribution in [0.4, 0.5) is 23.2 Å². The molecule has 0 aliphatic rings. The highest BCUT2D eigenvalue weighted by Gasteiger charge is 2.15. The zero-order valence-electron chi connectivity index (χ0n) is 11.0. The Balaban J connectivity index is 2.32. The summed E-state index contributed by atoms with van der Waals surface area (Å²) in [6.45, 7) is 3.07. The largest absolute Gasteiger partial charge is 0.374 e. The lowest BCUT2D eigenvalue weighted by Gasteiger charge is -2.17. The van der Waals surface area contributed by atoms with Crippen LogP contribution in [0.3, 0.4) is 0 Å². The van der Waals surface area contributed by atoms with Gasteiger partial charge in [-0.25, -0.2) is 17.6 Å². The monoisotopic (exact) mass is 283 g/mol. The molecular weight excluding hydrogens is 270 g/mol. The molecule has 1 N–H and O–H groups in total. The number of hydrogen-bond acceptors (Lipinski definition) is 1. The van der Waals surface area contributed by atoms with Gasteiger partial charge in [0, 0.05) is 12.1 Å². The minimum Gasteiger partial charge on any atom is -0.374 e. The second kappa shape index (κ2) is 5.53. The molecule has 2 aromatic carbocycles. The van der Waals surface area contributed by atoms with E-state index in [4.69, 9.17) is 0 Å². The highest BCUT2D eigenvalue weighted by molar-refractivity contribution is 5.50. The van der Waals surface area contributed by atoms with Crippen LogP contribution in [-0.4, -0.2) is 0 Å². The Morgan fingerprint density at radius 2 is 1.55 bits per heavy atom. The first kappa shape index (κ1) is 14.4. The lowest BCUT2D eigenvalue weighted by atomic mass is 10.1. The third-order valence-corrected chi connectivity index (χ3v) is 3.03. The molecule has 1 atom stereocenters. The summed E-state index contributed by atoms with van der Waals surface area (Å²) in [5, 5.41) is 2.61. The molecule has 0 saturated heterocycles. The predicted molar refractivity (Wildman–Crippen MR) is 69.5 cm³/mol. The van der Waals surface area contributed by atoms with E-state index in [1.54, 1.807) is 6.92 Å². The van der Waals surface area contributed by atoms with Crippen LogP contribution in [0.5, 0.6) is 0 Å². The van der Waals surface area contributed by atoms with Gasteiger partial charge in [0.2, 0.25) is 0 Å². The van der Waals surface area contributed by atoms with Crippen molar-refractivity contribution in [2.24, 2.45) is 0 Å². The number of nitrogens with one attached hydrogen (secondary N) is 1. The lowest BCUT2D eigenvalue weighted by molar-refractivity contribution is 0.572. The van der Waals surface area contributed by atoms with Gasteiger partial charge in [0.05, 0.1) is 0 Å². The summed E-state index contributed by atoms with van der Waals surface area (Å²) in [4.78, 5) is 0. The maximum Gasteiger partial charge on any atom is 0.152 e. The van der Waals surface area contributed by atoms with Crippen molar-refractivity contribution in [3.63, 3.8) is 0 Å². The fourth-order valence-corrected chi connectivity index (χ4v) is 1.91.